The average molecular weight is 317 g/mol. The minimum absolute atomic E-state index is 0.0940. The molecular weight excluding hydrogens is 290 g/mol. The summed E-state index contributed by atoms with van der Waals surface area (Å²) in [6.07, 6.45) is 4.43. The van der Waals surface area contributed by atoms with Crippen molar-refractivity contribution in [3.8, 4) is 11.5 Å². The zero-order chi connectivity index (χ0) is 17.0. The highest BCUT2D eigenvalue weighted by molar-refractivity contribution is 5.92. The molecule has 4 nitrogen and oxygen atoms in total. The van der Waals surface area contributed by atoms with E-state index in [0.717, 1.165) is 29.0 Å². The van der Waals surface area contributed by atoms with Gasteiger partial charge >= 0.3 is 0 Å². The van der Waals surface area contributed by atoms with Crippen LogP contribution in [0.1, 0.15) is 45.7 Å². The van der Waals surface area contributed by atoms with Crippen molar-refractivity contribution >= 4 is 12.0 Å². The molecule has 1 amide bonds. The maximum Gasteiger partial charge on any atom is 0.244 e. The maximum atomic E-state index is 12.0. The Hall–Kier alpha value is -1.97. The standard InChI is InChI=1S/C19H27NO3/c1-6-22-17-11-16-9-13(4)23-18(16)10-15(17)7-8-19(21)20-14(5)12(2)3/h7-8,10-14H,6,9H2,1-5H3,(H,20,21)/b8-7+. The number of hydrogen-bond acceptors (Lipinski definition) is 3. The van der Waals surface area contributed by atoms with Gasteiger partial charge < -0.3 is 14.8 Å². The molecule has 0 saturated heterocycles. The maximum absolute atomic E-state index is 12.0. The Kier molecular flexibility index (Phi) is 5.69. The van der Waals surface area contributed by atoms with Gasteiger partial charge in [0.25, 0.3) is 0 Å². The lowest BCUT2D eigenvalue weighted by molar-refractivity contribution is -0.117. The second-order valence-electron chi connectivity index (χ2n) is 6.44. The minimum atomic E-state index is -0.0940. The second kappa shape index (κ2) is 7.53. The van der Waals surface area contributed by atoms with Crippen LogP contribution in [0.2, 0.25) is 0 Å². The van der Waals surface area contributed by atoms with E-state index < -0.39 is 0 Å². The normalized spacial score (nSPS) is 17.9. The van der Waals surface area contributed by atoms with Gasteiger partial charge in [0.2, 0.25) is 5.91 Å². The van der Waals surface area contributed by atoms with E-state index >= 15 is 0 Å². The Balaban J connectivity index is 2.16. The number of ether oxygens (including phenoxy) is 2. The number of rotatable bonds is 6. The van der Waals surface area contributed by atoms with Gasteiger partial charge in [-0.1, -0.05) is 13.8 Å². The van der Waals surface area contributed by atoms with Gasteiger partial charge in [0.15, 0.2) is 0 Å². The van der Waals surface area contributed by atoms with Gasteiger partial charge in [-0.3, -0.25) is 4.79 Å². The zero-order valence-electron chi connectivity index (χ0n) is 14.7. The molecule has 0 saturated carbocycles. The van der Waals surface area contributed by atoms with Crippen LogP contribution in [0.3, 0.4) is 0 Å². The molecule has 1 N–H and O–H groups in total. The Morgan fingerprint density at radius 2 is 2.17 bits per heavy atom. The summed E-state index contributed by atoms with van der Waals surface area (Å²) in [4.78, 5) is 12.0. The summed E-state index contributed by atoms with van der Waals surface area (Å²) in [7, 11) is 0. The molecule has 2 rings (SSSR count). The topological polar surface area (TPSA) is 47.6 Å². The van der Waals surface area contributed by atoms with Crippen molar-refractivity contribution in [3.05, 3.63) is 29.3 Å². The van der Waals surface area contributed by atoms with Crippen molar-refractivity contribution in [3.63, 3.8) is 0 Å². The van der Waals surface area contributed by atoms with Crippen molar-refractivity contribution < 1.29 is 14.3 Å². The smallest absolute Gasteiger partial charge is 0.244 e. The number of benzene rings is 1. The number of hydrogen-bond donors (Lipinski definition) is 1. The second-order valence-corrected chi connectivity index (χ2v) is 6.44. The van der Waals surface area contributed by atoms with E-state index in [2.05, 4.69) is 26.1 Å². The number of amides is 1. The van der Waals surface area contributed by atoms with E-state index in [1.807, 2.05) is 26.0 Å². The van der Waals surface area contributed by atoms with Crippen LogP contribution in [0.15, 0.2) is 18.2 Å². The predicted molar refractivity (Wildman–Crippen MR) is 92.9 cm³/mol. The quantitative estimate of drug-likeness (QED) is 0.816. The molecule has 0 aromatic heterocycles. The summed E-state index contributed by atoms with van der Waals surface area (Å²) in [6.45, 7) is 10.8. The highest BCUT2D eigenvalue weighted by atomic mass is 16.5. The summed E-state index contributed by atoms with van der Waals surface area (Å²) in [5.74, 6) is 1.99. The first-order chi connectivity index (χ1) is 10.9. The molecule has 0 radical (unpaired) electrons. The molecule has 1 aromatic rings. The fourth-order valence-electron chi connectivity index (χ4n) is 2.47. The number of carbonyl (C=O) groups excluding carboxylic acids is 1. The van der Waals surface area contributed by atoms with Crippen molar-refractivity contribution in [2.45, 2.75) is 53.2 Å². The molecule has 23 heavy (non-hydrogen) atoms. The van der Waals surface area contributed by atoms with Crippen molar-refractivity contribution in [1.82, 2.24) is 5.32 Å². The Labute approximate surface area is 138 Å². The van der Waals surface area contributed by atoms with Crippen LogP contribution in [-0.2, 0) is 11.2 Å². The fraction of sp³-hybridized carbons (Fsp3) is 0.526. The molecule has 1 aliphatic rings. The van der Waals surface area contributed by atoms with Crippen LogP contribution in [0.5, 0.6) is 11.5 Å². The summed E-state index contributed by atoms with van der Waals surface area (Å²) >= 11 is 0. The van der Waals surface area contributed by atoms with E-state index in [4.69, 9.17) is 9.47 Å². The van der Waals surface area contributed by atoms with Crippen molar-refractivity contribution in [2.75, 3.05) is 6.61 Å². The van der Waals surface area contributed by atoms with Gasteiger partial charge in [0, 0.05) is 29.7 Å². The molecular formula is C19H27NO3. The van der Waals surface area contributed by atoms with Gasteiger partial charge in [-0.2, -0.15) is 0 Å². The monoisotopic (exact) mass is 317 g/mol. The third-order valence-electron chi connectivity index (χ3n) is 4.11. The first-order valence-electron chi connectivity index (χ1n) is 8.35. The van der Waals surface area contributed by atoms with Crippen LogP contribution in [0.4, 0.5) is 0 Å². The van der Waals surface area contributed by atoms with E-state index in [9.17, 15) is 4.79 Å². The largest absolute Gasteiger partial charge is 0.493 e. The molecule has 2 unspecified atom stereocenters. The molecule has 0 aliphatic carbocycles. The Bertz CT molecular complexity index is 593. The summed E-state index contributed by atoms with van der Waals surface area (Å²) in [6, 6.07) is 4.12. The number of nitrogens with one attached hydrogen (secondary N) is 1. The zero-order valence-corrected chi connectivity index (χ0v) is 14.7. The summed E-state index contributed by atoms with van der Waals surface area (Å²) in [5.41, 5.74) is 2.03. The average Bonchev–Trinajstić information content (AvgIpc) is 2.84. The van der Waals surface area contributed by atoms with Gasteiger partial charge in [-0.25, -0.2) is 0 Å². The molecule has 0 fully saturated rings. The molecule has 0 bridgehead atoms. The number of carbonyl (C=O) groups is 1. The fourth-order valence-corrected chi connectivity index (χ4v) is 2.47. The molecule has 0 spiro atoms. The molecule has 1 aliphatic heterocycles. The van der Waals surface area contributed by atoms with E-state index in [1.165, 1.54) is 0 Å². The van der Waals surface area contributed by atoms with Gasteiger partial charge in [-0.05, 0) is 44.9 Å². The lowest BCUT2D eigenvalue weighted by Gasteiger charge is -2.16. The molecule has 2 atom stereocenters. The third kappa shape index (κ3) is 4.50. The number of fused-ring (bicyclic) bond motifs is 1. The predicted octanol–water partition coefficient (Wildman–Crippen LogP) is 3.58. The van der Waals surface area contributed by atoms with Crippen LogP contribution in [-0.4, -0.2) is 24.7 Å². The van der Waals surface area contributed by atoms with E-state index in [0.29, 0.717) is 12.5 Å². The highest BCUT2D eigenvalue weighted by Gasteiger charge is 2.21. The van der Waals surface area contributed by atoms with Crippen LogP contribution < -0.4 is 14.8 Å². The Morgan fingerprint density at radius 1 is 1.43 bits per heavy atom. The van der Waals surface area contributed by atoms with Crippen molar-refractivity contribution in [2.24, 2.45) is 5.92 Å². The van der Waals surface area contributed by atoms with Crippen molar-refractivity contribution in [1.29, 1.82) is 0 Å². The van der Waals surface area contributed by atoms with Gasteiger partial charge in [-0.15, -0.1) is 0 Å². The minimum Gasteiger partial charge on any atom is -0.493 e. The SMILES string of the molecule is CCOc1cc2c(cc1/C=C/C(=O)NC(C)C(C)C)OC(C)C2. The Morgan fingerprint density at radius 3 is 2.83 bits per heavy atom. The van der Waals surface area contributed by atoms with Crippen LogP contribution in [0, 0.1) is 5.92 Å². The molecule has 4 heteroatoms. The first-order valence-corrected chi connectivity index (χ1v) is 8.35. The van der Waals surface area contributed by atoms with E-state index in [1.54, 1.807) is 12.2 Å². The van der Waals surface area contributed by atoms with Crippen LogP contribution >= 0.6 is 0 Å². The first kappa shape index (κ1) is 17.4. The summed E-state index contributed by atoms with van der Waals surface area (Å²) in [5, 5.41) is 2.96. The van der Waals surface area contributed by atoms with Gasteiger partial charge in [0.05, 0.1) is 6.61 Å². The lowest BCUT2D eigenvalue weighted by Crippen LogP contribution is -2.34. The molecule has 126 valence electrons. The molecule has 1 heterocycles. The lowest BCUT2D eigenvalue weighted by atomic mass is 10.1. The summed E-state index contributed by atoms with van der Waals surface area (Å²) < 4.78 is 11.5. The van der Waals surface area contributed by atoms with Crippen LogP contribution in [0.25, 0.3) is 6.08 Å². The van der Waals surface area contributed by atoms with Gasteiger partial charge in [0.1, 0.15) is 17.6 Å². The molecule has 1 aromatic carbocycles. The van der Waals surface area contributed by atoms with E-state index in [-0.39, 0.29) is 18.1 Å². The third-order valence-corrected chi connectivity index (χ3v) is 4.11. The highest BCUT2D eigenvalue weighted by Crippen LogP contribution is 2.35.